The fourth-order valence-corrected chi connectivity index (χ4v) is 1.87. The van der Waals surface area contributed by atoms with E-state index >= 15 is 0 Å². The highest BCUT2D eigenvalue weighted by Gasteiger charge is 2.12. The van der Waals surface area contributed by atoms with Crippen LogP contribution in [-0.2, 0) is 0 Å². The van der Waals surface area contributed by atoms with E-state index in [1.54, 1.807) is 6.07 Å². The van der Waals surface area contributed by atoms with Crippen molar-refractivity contribution in [2.75, 3.05) is 6.61 Å². The molecule has 0 fully saturated rings. The standard InChI is InChI=1S/C15H17NO4/c1-2-3-6-9-19-14-13(20-15(17)18)10-11-7-4-5-8-12(11)16-14/h4-5,7-8,10H,2-3,6,9H2,1H3,(H,17,18). The van der Waals surface area contributed by atoms with Crippen LogP contribution in [0.3, 0.4) is 0 Å². The van der Waals surface area contributed by atoms with Crippen LogP contribution in [-0.4, -0.2) is 22.9 Å². The van der Waals surface area contributed by atoms with Gasteiger partial charge in [-0.1, -0.05) is 38.0 Å². The van der Waals surface area contributed by atoms with E-state index in [0.29, 0.717) is 6.61 Å². The predicted molar refractivity (Wildman–Crippen MR) is 75.4 cm³/mol. The Balaban J connectivity index is 2.25. The molecule has 5 heteroatoms. The van der Waals surface area contributed by atoms with Gasteiger partial charge in [0.2, 0.25) is 0 Å². The number of nitrogens with zero attached hydrogens (tertiary/aromatic N) is 1. The summed E-state index contributed by atoms with van der Waals surface area (Å²) in [6, 6.07) is 9.05. The van der Waals surface area contributed by atoms with Crippen molar-refractivity contribution in [3.05, 3.63) is 30.3 Å². The number of unbranched alkanes of at least 4 members (excludes halogenated alkanes) is 2. The van der Waals surface area contributed by atoms with E-state index in [0.717, 1.165) is 30.2 Å². The molecule has 0 amide bonds. The van der Waals surface area contributed by atoms with Crippen LogP contribution in [0.5, 0.6) is 11.6 Å². The predicted octanol–water partition coefficient (Wildman–Crippen LogP) is 3.86. The molecule has 0 bridgehead atoms. The minimum Gasteiger partial charge on any atom is -0.475 e. The molecule has 0 saturated carbocycles. The van der Waals surface area contributed by atoms with Crippen molar-refractivity contribution in [3.63, 3.8) is 0 Å². The molecule has 0 atom stereocenters. The van der Waals surface area contributed by atoms with Gasteiger partial charge in [-0.15, -0.1) is 0 Å². The molecule has 0 radical (unpaired) electrons. The molecule has 5 nitrogen and oxygen atoms in total. The lowest BCUT2D eigenvalue weighted by Crippen LogP contribution is -2.07. The van der Waals surface area contributed by atoms with Gasteiger partial charge in [-0.2, -0.15) is 0 Å². The van der Waals surface area contributed by atoms with Crippen LogP contribution < -0.4 is 9.47 Å². The molecular weight excluding hydrogens is 258 g/mol. The van der Waals surface area contributed by atoms with Crippen molar-refractivity contribution in [1.82, 2.24) is 4.98 Å². The molecule has 0 spiro atoms. The fourth-order valence-electron chi connectivity index (χ4n) is 1.87. The molecule has 106 valence electrons. The topological polar surface area (TPSA) is 68.7 Å². The molecule has 0 saturated heterocycles. The molecule has 0 aliphatic heterocycles. The minimum absolute atomic E-state index is 0.132. The zero-order chi connectivity index (χ0) is 14.4. The molecule has 0 aliphatic rings. The van der Waals surface area contributed by atoms with Crippen molar-refractivity contribution < 1.29 is 19.4 Å². The van der Waals surface area contributed by atoms with Crippen molar-refractivity contribution in [2.45, 2.75) is 26.2 Å². The summed E-state index contributed by atoms with van der Waals surface area (Å²) in [4.78, 5) is 15.0. The van der Waals surface area contributed by atoms with Crippen LogP contribution in [0.4, 0.5) is 4.79 Å². The van der Waals surface area contributed by atoms with Gasteiger partial charge < -0.3 is 14.6 Å². The Kier molecular flexibility index (Phi) is 4.76. The summed E-state index contributed by atoms with van der Waals surface area (Å²) in [6.07, 6.45) is 1.67. The zero-order valence-electron chi connectivity index (χ0n) is 11.3. The average molecular weight is 275 g/mol. The molecule has 2 rings (SSSR count). The second-order valence-electron chi connectivity index (χ2n) is 4.41. The summed E-state index contributed by atoms with van der Waals surface area (Å²) in [5.41, 5.74) is 0.746. The number of carboxylic acid groups (broad SMARTS) is 1. The van der Waals surface area contributed by atoms with Crippen LogP contribution in [0.25, 0.3) is 10.9 Å². The van der Waals surface area contributed by atoms with E-state index < -0.39 is 6.16 Å². The summed E-state index contributed by atoms with van der Waals surface area (Å²) < 4.78 is 10.3. The van der Waals surface area contributed by atoms with E-state index in [-0.39, 0.29) is 11.6 Å². The fraction of sp³-hybridized carbons (Fsp3) is 0.333. The maximum absolute atomic E-state index is 10.7. The number of benzene rings is 1. The number of hydrogen-bond acceptors (Lipinski definition) is 4. The van der Waals surface area contributed by atoms with Gasteiger partial charge in [-0.25, -0.2) is 9.78 Å². The van der Waals surface area contributed by atoms with E-state index in [1.807, 2.05) is 24.3 Å². The molecule has 1 N–H and O–H groups in total. The SMILES string of the molecule is CCCCCOc1nc2ccccc2cc1OC(=O)O. The maximum Gasteiger partial charge on any atom is 0.511 e. The number of ether oxygens (including phenoxy) is 2. The first-order valence-electron chi connectivity index (χ1n) is 6.64. The molecule has 1 heterocycles. The van der Waals surface area contributed by atoms with E-state index in [9.17, 15) is 4.79 Å². The summed E-state index contributed by atoms with van der Waals surface area (Å²) in [7, 11) is 0. The second-order valence-corrected chi connectivity index (χ2v) is 4.41. The molecule has 1 aromatic carbocycles. The second kappa shape index (κ2) is 6.75. The molecular formula is C15H17NO4. The van der Waals surface area contributed by atoms with Crippen LogP contribution in [0.2, 0.25) is 0 Å². The monoisotopic (exact) mass is 275 g/mol. The lowest BCUT2D eigenvalue weighted by molar-refractivity contribution is 0.141. The highest BCUT2D eigenvalue weighted by Crippen LogP contribution is 2.29. The number of carbonyl (C=O) groups is 1. The van der Waals surface area contributed by atoms with Crippen LogP contribution in [0.1, 0.15) is 26.2 Å². The Labute approximate surface area is 117 Å². The van der Waals surface area contributed by atoms with Gasteiger partial charge in [-0.3, -0.25) is 0 Å². The summed E-state index contributed by atoms with van der Waals surface area (Å²) >= 11 is 0. The van der Waals surface area contributed by atoms with E-state index in [1.165, 1.54) is 0 Å². The first kappa shape index (κ1) is 14.1. The van der Waals surface area contributed by atoms with Gasteiger partial charge >= 0.3 is 6.16 Å². The molecule has 1 aromatic heterocycles. The molecule has 0 unspecified atom stereocenters. The van der Waals surface area contributed by atoms with Crippen LogP contribution >= 0.6 is 0 Å². The van der Waals surface area contributed by atoms with E-state index in [2.05, 4.69) is 11.9 Å². The number of pyridine rings is 1. The Morgan fingerprint density at radius 2 is 2.10 bits per heavy atom. The summed E-state index contributed by atoms with van der Waals surface area (Å²) in [6.45, 7) is 2.60. The molecule has 20 heavy (non-hydrogen) atoms. The highest BCUT2D eigenvalue weighted by molar-refractivity contribution is 5.81. The zero-order valence-corrected chi connectivity index (χ0v) is 11.3. The smallest absolute Gasteiger partial charge is 0.475 e. The largest absolute Gasteiger partial charge is 0.511 e. The number of aromatic nitrogens is 1. The summed E-state index contributed by atoms with van der Waals surface area (Å²) in [5, 5.41) is 9.58. The van der Waals surface area contributed by atoms with Crippen LogP contribution in [0, 0.1) is 0 Å². The number of fused-ring (bicyclic) bond motifs is 1. The Morgan fingerprint density at radius 3 is 2.85 bits per heavy atom. The van der Waals surface area contributed by atoms with Gasteiger partial charge in [0.15, 0.2) is 5.75 Å². The third kappa shape index (κ3) is 3.60. The van der Waals surface area contributed by atoms with Gasteiger partial charge in [0.25, 0.3) is 5.88 Å². The maximum atomic E-state index is 10.7. The number of para-hydroxylation sites is 1. The van der Waals surface area contributed by atoms with Crippen molar-refractivity contribution in [3.8, 4) is 11.6 Å². The van der Waals surface area contributed by atoms with Crippen LogP contribution in [0.15, 0.2) is 30.3 Å². The number of hydrogen-bond donors (Lipinski definition) is 1. The number of rotatable bonds is 6. The first-order valence-corrected chi connectivity index (χ1v) is 6.64. The van der Waals surface area contributed by atoms with E-state index in [4.69, 9.17) is 14.6 Å². The lowest BCUT2D eigenvalue weighted by Gasteiger charge is -2.10. The normalized spacial score (nSPS) is 10.4. The first-order chi connectivity index (χ1) is 9.70. The third-order valence-electron chi connectivity index (χ3n) is 2.84. The Morgan fingerprint density at radius 1 is 1.30 bits per heavy atom. The third-order valence-corrected chi connectivity index (χ3v) is 2.84. The highest BCUT2D eigenvalue weighted by atomic mass is 16.7. The van der Waals surface area contributed by atoms with Crippen molar-refractivity contribution in [2.24, 2.45) is 0 Å². The Bertz CT molecular complexity index is 597. The van der Waals surface area contributed by atoms with Gasteiger partial charge in [-0.05, 0) is 18.6 Å². The van der Waals surface area contributed by atoms with Gasteiger partial charge in [0.1, 0.15) is 0 Å². The van der Waals surface area contributed by atoms with Gasteiger partial charge in [0.05, 0.1) is 12.1 Å². The lowest BCUT2D eigenvalue weighted by atomic mass is 10.2. The minimum atomic E-state index is -1.37. The quantitative estimate of drug-likeness (QED) is 0.640. The summed E-state index contributed by atoms with van der Waals surface area (Å²) in [5.74, 6) is 0.356. The van der Waals surface area contributed by atoms with Crippen molar-refractivity contribution in [1.29, 1.82) is 0 Å². The van der Waals surface area contributed by atoms with Gasteiger partial charge in [0, 0.05) is 5.39 Å². The molecule has 0 aliphatic carbocycles. The van der Waals surface area contributed by atoms with Crippen molar-refractivity contribution >= 4 is 17.1 Å². The molecule has 2 aromatic rings. The average Bonchev–Trinajstić information content (AvgIpc) is 2.43. The Hall–Kier alpha value is -2.30.